The van der Waals surface area contributed by atoms with Gasteiger partial charge in [-0.2, -0.15) is 13.2 Å². The van der Waals surface area contributed by atoms with Gasteiger partial charge in [0.15, 0.2) is 0 Å². The first-order valence-electron chi connectivity index (χ1n) is 5.26. The normalized spacial score (nSPS) is 19.5. The highest BCUT2D eigenvalue weighted by atomic mass is 19.4. The Morgan fingerprint density at radius 1 is 1.56 bits per heavy atom. The van der Waals surface area contributed by atoms with E-state index in [9.17, 15) is 13.2 Å². The molecule has 0 radical (unpaired) electrons. The molecule has 2 heterocycles. The molecule has 3 nitrogen and oxygen atoms in total. The van der Waals surface area contributed by atoms with Crippen molar-refractivity contribution in [3.05, 3.63) is 18.2 Å². The van der Waals surface area contributed by atoms with Crippen molar-refractivity contribution in [1.82, 2.24) is 14.9 Å². The second kappa shape index (κ2) is 4.08. The first-order chi connectivity index (χ1) is 7.47. The fourth-order valence-electron chi connectivity index (χ4n) is 1.93. The third-order valence-corrected chi connectivity index (χ3v) is 2.90. The van der Waals surface area contributed by atoms with Crippen molar-refractivity contribution in [3.8, 4) is 0 Å². The minimum absolute atomic E-state index is 0.304. The summed E-state index contributed by atoms with van der Waals surface area (Å²) in [6.07, 6.45) is -1.78. The van der Waals surface area contributed by atoms with E-state index in [-0.39, 0.29) is 0 Å². The number of halogens is 3. The minimum Gasteiger partial charge on any atom is -0.331 e. The molecular formula is C10H14F3N3. The average Bonchev–Trinajstić information content (AvgIpc) is 2.45. The molecule has 1 aliphatic heterocycles. The third kappa shape index (κ3) is 2.37. The van der Waals surface area contributed by atoms with Crippen molar-refractivity contribution >= 4 is 0 Å². The van der Waals surface area contributed by atoms with Crippen LogP contribution in [-0.4, -0.2) is 28.8 Å². The largest absolute Gasteiger partial charge is 0.391 e. The number of hydrogen-bond acceptors (Lipinski definition) is 2. The number of aromatic nitrogens is 2. The van der Waals surface area contributed by atoms with Gasteiger partial charge in [0, 0.05) is 36.9 Å². The molecule has 0 aromatic carbocycles. The van der Waals surface area contributed by atoms with Crippen LogP contribution in [0.3, 0.4) is 0 Å². The smallest absolute Gasteiger partial charge is 0.331 e. The lowest BCUT2D eigenvalue weighted by atomic mass is 9.99. The second-order valence-electron chi connectivity index (χ2n) is 4.25. The summed E-state index contributed by atoms with van der Waals surface area (Å²) in [4.78, 5) is 3.94. The van der Waals surface area contributed by atoms with Crippen LogP contribution in [0, 0.1) is 0 Å². The Morgan fingerprint density at radius 3 is 2.75 bits per heavy atom. The van der Waals surface area contributed by atoms with Gasteiger partial charge in [0.25, 0.3) is 0 Å². The summed E-state index contributed by atoms with van der Waals surface area (Å²) in [6, 6.07) is -0.585. The monoisotopic (exact) mass is 233 g/mol. The van der Waals surface area contributed by atoms with Crippen LogP contribution in [0.1, 0.15) is 31.0 Å². The van der Waals surface area contributed by atoms with Crippen LogP contribution in [0.15, 0.2) is 12.5 Å². The fraction of sp³-hybridized carbons (Fsp3) is 0.700. The molecule has 0 amide bonds. The molecule has 1 atom stereocenters. The Balaban J connectivity index is 2.10. The summed E-state index contributed by atoms with van der Waals surface area (Å²) in [7, 11) is 0. The van der Waals surface area contributed by atoms with Gasteiger partial charge in [-0.3, -0.25) is 0 Å². The molecule has 0 bridgehead atoms. The predicted molar refractivity (Wildman–Crippen MR) is 53.2 cm³/mol. The lowest BCUT2D eigenvalue weighted by molar-refractivity contribution is -0.141. The Bertz CT molecular complexity index is 354. The predicted octanol–water partition coefficient (Wildman–Crippen LogP) is 2.08. The molecule has 1 N–H and O–H groups in total. The molecule has 1 fully saturated rings. The van der Waals surface area contributed by atoms with Crippen LogP contribution in [0.2, 0.25) is 0 Å². The molecule has 1 aliphatic rings. The molecule has 6 heteroatoms. The van der Waals surface area contributed by atoms with E-state index < -0.39 is 18.6 Å². The third-order valence-electron chi connectivity index (χ3n) is 2.90. The van der Waals surface area contributed by atoms with E-state index in [4.69, 9.17) is 0 Å². The topological polar surface area (TPSA) is 29.9 Å². The maximum Gasteiger partial charge on any atom is 0.391 e. The van der Waals surface area contributed by atoms with Crippen LogP contribution in [0.5, 0.6) is 0 Å². The maximum atomic E-state index is 12.3. The van der Waals surface area contributed by atoms with Gasteiger partial charge in [-0.15, -0.1) is 0 Å². The number of alkyl halides is 3. The SMILES string of the molecule is CC(CC(F)(F)F)n1cncc1C1CNC1. The highest BCUT2D eigenvalue weighted by Crippen LogP contribution is 2.30. The van der Waals surface area contributed by atoms with Crippen LogP contribution in [-0.2, 0) is 0 Å². The fourth-order valence-corrected chi connectivity index (χ4v) is 1.93. The molecule has 1 aromatic rings. The molecule has 90 valence electrons. The Labute approximate surface area is 91.7 Å². The molecule has 0 saturated carbocycles. The quantitative estimate of drug-likeness (QED) is 0.866. The lowest BCUT2D eigenvalue weighted by Gasteiger charge is -2.29. The minimum atomic E-state index is -4.13. The van der Waals surface area contributed by atoms with Gasteiger partial charge in [0.2, 0.25) is 0 Å². The molecule has 2 rings (SSSR count). The van der Waals surface area contributed by atoms with Gasteiger partial charge in [0.1, 0.15) is 0 Å². The van der Waals surface area contributed by atoms with E-state index in [1.54, 1.807) is 17.7 Å². The molecule has 1 saturated heterocycles. The van der Waals surface area contributed by atoms with E-state index in [1.165, 1.54) is 6.33 Å². The first kappa shape index (κ1) is 11.4. The Hall–Kier alpha value is -1.04. The van der Waals surface area contributed by atoms with E-state index in [0.717, 1.165) is 18.8 Å². The van der Waals surface area contributed by atoms with Gasteiger partial charge < -0.3 is 9.88 Å². The van der Waals surface area contributed by atoms with E-state index >= 15 is 0 Å². The highest BCUT2D eigenvalue weighted by Gasteiger charge is 2.32. The number of hydrogen-bond donors (Lipinski definition) is 1. The van der Waals surface area contributed by atoms with Crippen LogP contribution >= 0.6 is 0 Å². The van der Waals surface area contributed by atoms with Crippen LogP contribution in [0.4, 0.5) is 13.2 Å². The molecular weight excluding hydrogens is 219 g/mol. The van der Waals surface area contributed by atoms with Crippen molar-refractivity contribution < 1.29 is 13.2 Å². The average molecular weight is 233 g/mol. The van der Waals surface area contributed by atoms with Gasteiger partial charge in [0.05, 0.1) is 12.7 Å². The van der Waals surface area contributed by atoms with Crippen molar-refractivity contribution in [1.29, 1.82) is 0 Å². The van der Waals surface area contributed by atoms with Gasteiger partial charge in [-0.1, -0.05) is 0 Å². The number of imidazole rings is 1. The zero-order valence-corrected chi connectivity index (χ0v) is 8.96. The zero-order chi connectivity index (χ0) is 11.8. The summed E-state index contributed by atoms with van der Waals surface area (Å²) in [5.41, 5.74) is 0.899. The molecule has 0 aliphatic carbocycles. The first-order valence-corrected chi connectivity index (χ1v) is 5.26. The lowest BCUT2D eigenvalue weighted by Crippen LogP contribution is -2.41. The number of nitrogens with one attached hydrogen (secondary N) is 1. The van der Waals surface area contributed by atoms with E-state index in [2.05, 4.69) is 10.3 Å². The molecule has 1 unspecified atom stereocenters. The standard InChI is InChI=1S/C10H14F3N3/c1-7(2-10(11,12)13)16-6-15-5-9(16)8-3-14-4-8/h5-8,14H,2-4H2,1H3. The number of rotatable bonds is 3. The van der Waals surface area contributed by atoms with E-state index in [1.807, 2.05) is 0 Å². The highest BCUT2D eigenvalue weighted by molar-refractivity contribution is 5.12. The summed E-state index contributed by atoms with van der Waals surface area (Å²) in [6.45, 7) is 3.22. The Kier molecular flexibility index (Phi) is 2.92. The molecule has 0 spiro atoms. The van der Waals surface area contributed by atoms with Crippen LogP contribution < -0.4 is 5.32 Å². The maximum absolute atomic E-state index is 12.3. The van der Waals surface area contributed by atoms with E-state index in [0.29, 0.717) is 5.92 Å². The van der Waals surface area contributed by atoms with Crippen molar-refractivity contribution in [2.24, 2.45) is 0 Å². The summed E-state index contributed by atoms with van der Waals surface area (Å²) >= 11 is 0. The summed E-state index contributed by atoms with van der Waals surface area (Å²) in [5, 5.41) is 3.10. The van der Waals surface area contributed by atoms with Gasteiger partial charge in [-0.05, 0) is 6.92 Å². The van der Waals surface area contributed by atoms with Crippen molar-refractivity contribution in [3.63, 3.8) is 0 Å². The van der Waals surface area contributed by atoms with Crippen molar-refractivity contribution in [2.75, 3.05) is 13.1 Å². The van der Waals surface area contributed by atoms with Crippen molar-refractivity contribution in [2.45, 2.75) is 31.5 Å². The number of nitrogens with zero attached hydrogens (tertiary/aromatic N) is 2. The summed E-state index contributed by atoms with van der Waals surface area (Å²) in [5.74, 6) is 0.304. The summed E-state index contributed by atoms with van der Waals surface area (Å²) < 4.78 is 38.5. The van der Waals surface area contributed by atoms with Crippen LogP contribution in [0.25, 0.3) is 0 Å². The molecule has 1 aromatic heterocycles. The van der Waals surface area contributed by atoms with Gasteiger partial charge in [-0.25, -0.2) is 4.98 Å². The molecule has 16 heavy (non-hydrogen) atoms. The second-order valence-corrected chi connectivity index (χ2v) is 4.25. The zero-order valence-electron chi connectivity index (χ0n) is 8.96. The van der Waals surface area contributed by atoms with Gasteiger partial charge >= 0.3 is 6.18 Å². The Morgan fingerprint density at radius 2 is 2.25 bits per heavy atom.